The quantitative estimate of drug-likeness (QED) is 0.893. The van der Waals surface area contributed by atoms with E-state index in [1.54, 1.807) is 13.2 Å². The second kappa shape index (κ2) is 5.72. The third kappa shape index (κ3) is 2.40. The van der Waals surface area contributed by atoms with Crippen molar-refractivity contribution in [1.29, 1.82) is 5.26 Å². The zero-order chi connectivity index (χ0) is 13.8. The Balaban J connectivity index is 2.59. The van der Waals surface area contributed by atoms with E-state index < -0.39 is 0 Å². The fraction of sp³-hybridized carbons (Fsp3) is 0.429. The summed E-state index contributed by atoms with van der Waals surface area (Å²) in [5.41, 5.74) is 8.14. The van der Waals surface area contributed by atoms with Crippen molar-refractivity contribution in [3.63, 3.8) is 0 Å². The van der Waals surface area contributed by atoms with E-state index in [9.17, 15) is 0 Å². The van der Waals surface area contributed by atoms with Gasteiger partial charge in [0, 0.05) is 7.11 Å². The van der Waals surface area contributed by atoms with Crippen molar-refractivity contribution >= 4 is 17.0 Å². The van der Waals surface area contributed by atoms with E-state index in [0.717, 1.165) is 18.4 Å². The average molecular weight is 258 g/mol. The first-order chi connectivity index (χ1) is 9.22. The van der Waals surface area contributed by atoms with Crippen molar-refractivity contribution in [1.82, 2.24) is 9.55 Å². The van der Waals surface area contributed by atoms with Gasteiger partial charge < -0.3 is 15.0 Å². The van der Waals surface area contributed by atoms with Crippen molar-refractivity contribution in [3.8, 4) is 6.07 Å². The van der Waals surface area contributed by atoms with Gasteiger partial charge in [-0.2, -0.15) is 5.26 Å². The van der Waals surface area contributed by atoms with Crippen LogP contribution in [0.4, 0.5) is 5.95 Å². The first-order valence-electron chi connectivity index (χ1n) is 6.38. The molecule has 0 amide bonds. The molecule has 1 atom stereocenters. The lowest BCUT2D eigenvalue weighted by Gasteiger charge is -2.19. The minimum atomic E-state index is 0.147. The molecule has 0 saturated heterocycles. The van der Waals surface area contributed by atoms with Crippen LogP contribution in [0.3, 0.4) is 0 Å². The molecule has 0 fully saturated rings. The monoisotopic (exact) mass is 258 g/mol. The summed E-state index contributed by atoms with van der Waals surface area (Å²) in [5.74, 6) is 0.438. The molecule has 0 aliphatic heterocycles. The number of rotatable bonds is 5. The van der Waals surface area contributed by atoms with Crippen molar-refractivity contribution < 1.29 is 4.74 Å². The summed E-state index contributed by atoms with van der Waals surface area (Å²) >= 11 is 0. The number of ether oxygens (including phenoxy) is 1. The minimum absolute atomic E-state index is 0.147. The SMILES string of the molecule is CCCC(COC)n1c(N)nc2c(C#N)cccc21. The molecule has 5 nitrogen and oxygen atoms in total. The minimum Gasteiger partial charge on any atom is -0.383 e. The lowest BCUT2D eigenvalue weighted by molar-refractivity contribution is 0.153. The highest BCUT2D eigenvalue weighted by atomic mass is 16.5. The topological polar surface area (TPSA) is 76.9 Å². The first kappa shape index (κ1) is 13.4. The number of nitrogens with zero attached hydrogens (tertiary/aromatic N) is 3. The number of nitriles is 1. The second-order valence-corrected chi connectivity index (χ2v) is 4.52. The van der Waals surface area contributed by atoms with E-state index in [4.69, 9.17) is 15.7 Å². The standard InChI is InChI=1S/C14H18N4O/c1-3-5-11(9-19-2)18-12-7-4-6-10(8-15)13(12)17-14(18)16/h4,6-7,11H,3,5,9H2,1-2H3,(H2,16,17). The summed E-state index contributed by atoms with van der Waals surface area (Å²) in [7, 11) is 1.68. The van der Waals surface area contributed by atoms with Gasteiger partial charge in [0.05, 0.1) is 23.7 Å². The van der Waals surface area contributed by atoms with E-state index in [0.29, 0.717) is 23.6 Å². The molecule has 1 aromatic heterocycles. The highest BCUT2D eigenvalue weighted by Crippen LogP contribution is 2.27. The normalized spacial score (nSPS) is 12.5. The number of para-hydroxylation sites is 1. The molecule has 19 heavy (non-hydrogen) atoms. The molecule has 1 unspecified atom stereocenters. The van der Waals surface area contributed by atoms with E-state index in [2.05, 4.69) is 18.0 Å². The van der Waals surface area contributed by atoms with Crippen molar-refractivity contribution in [2.75, 3.05) is 19.5 Å². The summed E-state index contributed by atoms with van der Waals surface area (Å²) in [6, 6.07) is 7.85. The zero-order valence-electron chi connectivity index (χ0n) is 11.3. The van der Waals surface area contributed by atoms with Crippen LogP contribution < -0.4 is 5.73 Å². The summed E-state index contributed by atoms with van der Waals surface area (Å²) in [5, 5.41) is 9.12. The maximum absolute atomic E-state index is 9.12. The number of fused-ring (bicyclic) bond motifs is 1. The van der Waals surface area contributed by atoms with Crippen LogP contribution in [0.1, 0.15) is 31.4 Å². The molecule has 0 aliphatic carbocycles. The van der Waals surface area contributed by atoms with Crippen LogP contribution in [0.2, 0.25) is 0 Å². The first-order valence-corrected chi connectivity index (χ1v) is 6.38. The molecule has 2 N–H and O–H groups in total. The Morgan fingerprint density at radius 1 is 1.53 bits per heavy atom. The molecule has 2 rings (SSSR count). The number of nitrogen functional groups attached to an aromatic ring is 1. The molecule has 1 heterocycles. The maximum Gasteiger partial charge on any atom is 0.201 e. The Labute approximate surface area is 112 Å². The lowest BCUT2D eigenvalue weighted by Crippen LogP contribution is -2.16. The van der Waals surface area contributed by atoms with Gasteiger partial charge in [0.2, 0.25) is 5.95 Å². The number of anilines is 1. The van der Waals surface area contributed by atoms with Crippen LogP contribution in [0.25, 0.3) is 11.0 Å². The molecule has 0 saturated carbocycles. The van der Waals surface area contributed by atoms with Gasteiger partial charge in [0.25, 0.3) is 0 Å². The predicted molar refractivity (Wildman–Crippen MR) is 74.7 cm³/mol. The van der Waals surface area contributed by atoms with Crippen LogP contribution in [0.15, 0.2) is 18.2 Å². The summed E-state index contributed by atoms with van der Waals surface area (Å²) in [4.78, 5) is 4.33. The fourth-order valence-corrected chi connectivity index (χ4v) is 2.42. The van der Waals surface area contributed by atoms with Gasteiger partial charge in [-0.05, 0) is 18.6 Å². The third-order valence-electron chi connectivity index (χ3n) is 3.21. The summed E-state index contributed by atoms with van der Waals surface area (Å²) < 4.78 is 7.25. The predicted octanol–water partition coefficient (Wildman–Crippen LogP) is 2.48. The highest BCUT2D eigenvalue weighted by molar-refractivity contribution is 5.84. The van der Waals surface area contributed by atoms with Gasteiger partial charge in [-0.1, -0.05) is 19.4 Å². The number of aromatic nitrogens is 2. The van der Waals surface area contributed by atoms with Crippen molar-refractivity contribution in [2.45, 2.75) is 25.8 Å². The van der Waals surface area contributed by atoms with Gasteiger partial charge in [0.15, 0.2) is 0 Å². The number of imidazole rings is 1. The van der Waals surface area contributed by atoms with Crippen LogP contribution in [0.5, 0.6) is 0 Å². The van der Waals surface area contributed by atoms with Gasteiger partial charge in [-0.3, -0.25) is 0 Å². The molecule has 100 valence electrons. The second-order valence-electron chi connectivity index (χ2n) is 4.52. The molecule has 5 heteroatoms. The molecular formula is C14H18N4O. The van der Waals surface area contributed by atoms with E-state index in [1.807, 2.05) is 16.7 Å². The zero-order valence-corrected chi connectivity index (χ0v) is 11.3. The Kier molecular flexibility index (Phi) is 4.03. The van der Waals surface area contributed by atoms with E-state index in [1.165, 1.54) is 0 Å². The van der Waals surface area contributed by atoms with Gasteiger partial charge >= 0.3 is 0 Å². The number of methoxy groups -OCH3 is 1. The van der Waals surface area contributed by atoms with Crippen LogP contribution in [0, 0.1) is 11.3 Å². The van der Waals surface area contributed by atoms with E-state index >= 15 is 0 Å². The lowest BCUT2D eigenvalue weighted by atomic mass is 10.1. The Morgan fingerprint density at radius 2 is 2.32 bits per heavy atom. The Morgan fingerprint density at radius 3 is 2.95 bits per heavy atom. The van der Waals surface area contributed by atoms with Crippen LogP contribution >= 0.6 is 0 Å². The average Bonchev–Trinajstić information content (AvgIpc) is 2.74. The van der Waals surface area contributed by atoms with E-state index in [-0.39, 0.29) is 6.04 Å². The smallest absolute Gasteiger partial charge is 0.201 e. The fourth-order valence-electron chi connectivity index (χ4n) is 2.42. The number of benzene rings is 1. The molecule has 0 spiro atoms. The van der Waals surface area contributed by atoms with Gasteiger partial charge in [0.1, 0.15) is 11.6 Å². The third-order valence-corrected chi connectivity index (χ3v) is 3.21. The van der Waals surface area contributed by atoms with Crippen molar-refractivity contribution in [3.05, 3.63) is 23.8 Å². The van der Waals surface area contributed by atoms with Crippen molar-refractivity contribution in [2.24, 2.45) is 0 Å². The molecule has 0 aliphatic rings. The van der Waals surface area contributed by atoms with Gasteiger partial charge in [-0.25, -0.2) is 4.98 Å². The van der Waals surface area contributed by atoms with Gasteiger partial charge in [-0.15, -0.1) is 0 Å². The maximum atomic E-state index is 9.12. The number of hydrogen-bond donors (Lipinski definition) is 1. The summed E-state index contributed by atoms with van der Waals surface area (Å²) in [6.45, 7) is 2.71. The van der Waals surface area contributed by atoms with Crippen LogP contribution in [-0.2, 0) is 4.74 Å². The summed E-state index contributed by atoms with van der Waals surface area (Å²) in [6.07, 6.45) is 1.99. The molecule has 1 aromatic carbocycles. The number of nitrogens with two attached hydrogens (primary N) is 1. The molecule has 2 aromatic rings. The molecule has 0 radical (unpaired) electrons. The Bertz CT molecular complexity index is 606. The number of hydrogen-bond acceptors (Lipinski definition) is 4. The molecule has 0 bridgehead atoms. The highest BCUT2D eigenvalue weighted by Gasteiger charge is 2.18. The van der Waals surface area contributed by atoms with Crippen LogP contribution in [-0.4, -0.2) is 23.3 Å². The largest absolute Gasteiger partial charge is 0.383 e. The molecular weight excluding hydrogens is 240 g/mol. The Hall–Kier alpha value is -2.06.